The maximum absolute atomic E-state index is 4.53. The van der Waals surface area contributed by atoms with Gasteiger partial charge in [-0.15, -0.1) is 0 Å². The lowest BCUT2D eigenvalue weighted by Gasteiger charge is -2.32. The molecule has 1 aromatic carbocycles. The first-order chi connectivity index (χ1) is 12.3. The molecule has 1 aromatic heterocycles. The summed E-state index contributed by atoms with van der Waals surface area (Å²) in [4.78, 5) is 2.66. The van der Waals surface area contributed by atoms with E-state index in [9.17, 15) is 0 Å². The van der Waals surface area contributed by atoms with Gasteiger partial charge >= 0.3 is 0 Å². The van der Waals surface area contributed by atoms with E-state index in [-0.39, 0.29) is 0 Å². The Hall–Kier alpha value is -1.61. The minimum Gasteiger partial charge on any atom is -0.303 e. The van der Waals surface area contributed by atoms with Crippen LogP contribution in [0.4, 0.5) is 0 Å². The van der Waals surface area contributed by atoms with Crippen LogP contribution >= 0.6 is 0 Å². The van der Waals surface area contributed by atoms with Crippen molar-refractivity contribution in [3.05, 3.63) is 52.3 Å². The lowest BCUT2D eigenvalue weighted by molar-refractivity contribution is 0.210. The molecule has 1 N–H and O–H groups in total. The summed E-state index contributed by atoms with van der Waals surface area (Å²) in [5.74, 6) is 0.761. The number of nitrogens with one attached hydrogen (secondary N) is 1. The van der Waals surface area contributed by atoms with Crippen LogP contribution in [0, 0.1) is 6.92 Å². The van der Waals surface area contributed by atoms with Crippen LogP contribution < -0.4 is 0 Å². The van der Waals surface area contributed by atoms with E-state index in [1.165, 1.54) is 93.5 Å². The van der Waals surface area contributed by atoms with Crippen LogP contribution in [0.1, 0.15) is 66.1 Å². The largest absolute Gasteiger partial charge is 0.303 e. The van der Waals surface area contributed by atoms with Gasteiger partial charge in [0.15, 0.2) is 0 Å². The van der Waals surface area contributed by atoms with Crippen molar-refractivity contribution in [2.24, 2.45) is 0 Å². The molecule has 2 heterocycles. The number of aromatic nitrogens is 2. The molecule has 4 rings (SSSR count). The summed E-state index contributed by atoms with van der Waals surface area (Å²) < 4.78 is 0. The highest BCUT2D eigenvalue weighted by Crippen LogP contribution is 2.28. The van der Waals surface area contributed by atoms with E-state index in [0.717, 1.165) is 5.92 Å². The smallest absolute Gasteiger partial charge is 0.0656 e. The summed E-state index contributed by atoms with van der Waals surface area (Å²) in [6, 6.07) is 9.17. The molecule has 3 heteroatoms. The maximum Gasteiger partial charge on any atom is 0.0656 e. The number of benzene rings is 1. The summed E-state index contributed by atoms with van der Waals surface area (Å²) in [6.07, 6.45) is 10.1. The fraction of sp³-hybridized carbons (Fsp3) is 0.591. The number of rotatable bonds is 5. The van der Waals surface area contributed by atoms with E-state index in [2.05, 4.69) is 46.3 Å². The minimum atomic E-state index is 0.761. The Kier molecular flexibility index (Phi) is 5.21. The van der Waals surface area contributed by atoms with Crippen LogP contribution in [0.5, 0.6) is 0 Å². The Bertz CT molecular complexity index is 678. The monoisotopic (exact) mass is 337 g/mol. The molecule has 0 spiro atoms. The van der Waals surface area contributed by atoms with E-state index in [4.69, 9.17) is 0 Å². The molecule has 2 aromatic rings. The molecule has 134 valence electrons. The second-order valence-electron chi connectivity index (χ2n) is 7.96. The van der Waals surface area contributed by atoms with Gasteiger partial charge in [0.1, 0.15) is 0 Å². The Morgan fingerprint density at radius 2 is 1.84 bits per heavy atom. The summed E-state index contributed by atoms with van der Waals surface area (Å²) >= 11 is 0. The number of hydrogen-bond donors (Lipinski definition) is 1. The summed E-state index contributed by atoms with van der Waals surface area (Å²) in [7, 11) is 0. The topological polar surface area (TPSA) is 31.9 Å². The number of nitrogens with zero attached hydrogens (tertiary/aromatic N) is 2. The number of H-pyrrole nitrogens is 1. The van der Waals surface area contributed by atoms with Crippen LogP contribution in [-0.2, 0) is 19.3 Å². The fourth-order valence-corrected chi connectivity index (χ4v) is 4.56. The molecule has 0 amide bonds. The Morgan fingerprint density at radius 1 is 1.08 bits per heavy atom. The molecule has 25 heavy (non-hydrogen) atoms. The molecule has 1 saturated heterocycles. The predicted octanol–water partition coefficient (Wildman–Crippen LogP) is 4.41. The van der Waals surface area contributed by atoms with E-state index in [0.29, 0.717) is 0 Å². The highest BCUT2D eigenvalue weighted by molar-refractivity contribution is 5.28. The van der Waals surface area contributed by atoms with Gasteiger partial charge in [-0.05, 0) is 95.0 Å². The van der Waals surface area contributed by atoms with Crippen molar-refractivity contribution in [1.82, 2.24) is 15.1 Å². The number of hydrogen-bond acceptors (Lipinski definition) is 2. The molecule has 1 aliphatic carbocycles. The zero-order chi connectivity index (χ0) is 17.1. The normalized spacial score (nSPS) is 19.1. The summed E-state index contributed by atoms with van der Waals surface area (Å²) in [5, 5.41) is 7.85. The first-order valence-electron chi connectivity index (χ1n) is 10.1. The van der Waals surface area contributed by atoms with E-state index >= 15 is 0 Å². The van der Waals surface area contributed by atoms with Gasteiger partial charge in [-0.2, -0.15) is 5.10 Å². The molecule has 0 unspecified atom stereocenters. The van der Waals surface area contributed by atoms with Crippen molar-refractivity contribution in [3.63, 3.8) is 0 Å². The van der Waals surface area contributed by atoms with Crippen molar-refractivity contribution >= 4 is 0 Å². The van der Waals surface area contributed by atoms with Crippen molar-refractivity contribution in [2.75, 3.05) is 19.6 Å². The maximum atomic E-state index is 4.53. The van der Waals surface area contributed by atoms with Gasteiger partial charge in [-0.3, -0.25) is 5.10 Å². The Morgan fingerprint density at radius 3 is 2.64 bits per heavy atom. The van der Waals surface area contributed by atoms with Gasteiger partial charge in [0.2, 0.25) is 0 Å². The molecule has 0 bridgehead atoms. The molecule has 1 fully saturated rings. The number of aromatic amines is 1. The third kappa shape index (κ3) is 3.98. The average molecular weight is 338 g/mol. The molecule has 3 nitrogen and oxygen atoms in total. The number of piperidine rings is 1. The van der Waals surface area contributed by atoms with E-state index in [1.54, 1.807) is 5.56 Å². The average Bonchev–Trinajstić information content (AvgIpc) is 3.06. The molecular formula is C22H31N3. The van der Waals surface area contributed by atoms with Gasteiger partial charge in [-0.25, -0.2) is 0 Å². The first kappa shape index (κ1) is 16.8. The highest BCUT2D eigenvalue weighted by atomic mass is 15.1. The first-order valence-corrected chi connectivity index (χ1v) is 10.1. The fourth-order valence-electron chi connectivity index (χ4n) is 4.56. The highest BCUT2D eigenvalue weighted by Gasteiger charge is 2.21. The van der Waals surface area contributed by atoms with Gasteiger partial charge in [0.25, 0.3) is 0 Å². The molecule has 2 aliphatic rings. The van der Waals surface area contributed by atoms with Gasteiger partial charge in [0.05, 0.1) is 5.69 Å². The Labute approximate surface area is 151 Å². The quantitative estimate of drug-likeness (QED) is 0.876. The molecule has 0 radical (unpaired) electrons. The molecule has 1 aliphatic heterocycles. The van der Waals surface area contributed by atoms with Crippen molar-refractivity contribution in [2.45, 2.75) is 64.2 Å². The van der Waals surface area contributed by atoms with Gasteiger partial charge in [-0.1, -0.05) is 29.8 Å². The molecular weight excluding hydrogens is 306 g/mol. The van der Waals surface area contributed by atoms with Crippen LogP contribution in [0.2, 0.25) is 0 Å². The third-order valence-electron chi connectivity index (χ3n) is 6.17. The lowest BCUT2D eigenvalue weighted by Crippen LogP contribution is -2.33. The van der Waals surface area contributed by atoms with E-state index in [1.807, 2.05) is 0 Å². The molecule has 0 saturated carbocycles. The zero-order valence-electron chi connectivity index (χ0n) is 15.6. The standard InChI is InChI=1S/C22H31N3/c1-17-8-10-18(11-9-17)19-12-15-25(16-13-19)14-4-7-22-20-5-2-3-6-21(20)23-24-22/h8-11,19H,2-7,12-16H2,1H3,(H,23,24). The summed E-state index contributed by atoms with van der Waals surface area (Å²) in [5.41, 5.74) is 7.21. The van der Waals surface area contributed by atoms with E-state index < -0.39 is 0 Å². The van der Waals surface area contributed by atoms with Crippen LogP contribution in [-0.4, -0.2) is 34.7 Å². The summed E-state index contributed by atoms with van der Waals surface area (Å²) in [6.45, 7) is 5.90. The van der Waals surface area contributed by atoms with Crippen molar-refractivity contribution in [1.29, 1.82) is 0 Å². The van der Waals surface area contributed by atoms with Gasteiger partial charge < -0.3 is 4.90 Å². The SMILES string of the molecule is Cc1ccc(C2CCN(CCCc3[nH]nc4c3CCCC4)CC2)cc1. The second kappa shape index (κ2) is 7.74. The minimum absolute atomic E-state index is 0.761. The lowest BCUT2D eigenvalue weighted by atomic mass is 9.89. The second-order valence-corrected chi connectivity index (χ2v) is 7.96. The number of aryl methyl sites for hydroxylation is 3. The molecule has 0 atom stereocenters. The third-order valence-corrected chi connectivity index (χ3v) is 6.17. The van der Waals surface area contributed by atoms with Crippen LogP contribution in [0.25, 0.3) is 0 Å². The number of fused-ring (bicyclic) bond motifs is 1. The van der Waals surface area contributed by atoms with Crippen molar-refractivity contribution < 1.29 is 0 Å². The predicted molar refractivity (Wildman–Crippen MR) is 103 cm³/mol. The zero-order valence-corrected chi connectivity index (χ0v) is 15.6. The van der Waals surface area contributed by atoms with Crippen molar-refractivity contribution in [3.8, 4) is 0 Å². The van der Waals surface area contributed by atoms with Gasteiger partial charge in [0, 0.05) is 5.69 Å². The van der Waals surface area contributed by atoms with Crippen LogP contribution in [0.3, 0.4) is 0 Å². The van der Waals surface area contributed by atoms with Crippen LogP contribution in [0.15, 0.2) is 24.3 Å². The Balaban J connectivity index is 1.23. The number of likely N-dealkylation sites (tertiary alicyclic amines) is 1.